The van der Waals surface area contributed by atoms with E-state index < -0.39 is 0 Å². The first-order chi connectivity index (χ1) is 14.8. The molecule has 0 bridgehead atoms. The van der Waals surface area contributed by atoms with Crippen LogP contribution >= 0.6 is 0 Å². The summed E-state index contributed by atoms with van der Waals surface area (Å²) in [5, 5.41) is 14.7. The molecule has 2 heterocycles. The van der Waals surface area contributed by atoms with E-state index in [1.54, 1.807) is 13.4 Å². The average Bonchev–Trinajstić information content (AvgIpc) is 3.24. The van der Waals surface area contributed by atoms with Gasteiger partial charge < -0.3 is 24.7 Å². The Morgan fingerprint density at radius 3 is 2.90 bits per heavy atom. The van der Waals surface area contributed by atoms with E-state index in [4.69, 9.17) is 9.47 Å². The van der Waals surface area contributed by atoms with Crippen molar-refractivity contribution in [1.29, 1.82) is 0 Å². The van der Waals surface area contributed by atoms with Crippen molar-refractivity contribution >= 4 is 5.96 Å². The third kappa shape index (κ3) is 7.00. The van der Waals surface area contributed by atoms with Crippen LogP contribution in [0.4, 0.5) is 0 Å². The van der Waals surface area contributed by atoms with E-state index in [2.05, 4.69) is 54.3 Å². The highest BCUT2D eigenvalue weighted by molar-refractivity contribution is 5.79. The second-order valence-electron chi connectivity index (χ2n) is 7.10. The highest BCUT2D eigenvalue weighted by Gasteiger charge is 2.10. The molecule has 0 aliphatic carbocycles. The molecule has 0 saturated carbocycles. The molecule has 9 nitrogen and oxygen atoms in total. The lowest BCUT2D eigenvalue weighted by Crippen LogP contribution is -2.38. The van der Waals surface area contributed by atoms with Gasteiger partial charge in [-0.15, -0.1) is 10.2 Å². The van der Waals surface area contributed by atoms with E-state index in [1.807, 2.05) is 12.1 Å². The molecule has 0 unspecified atom stereocenters. The number of morpholine rings is 1. The summed E-state index contributed by atoms with van der Waals surface area (Å²) in [7, 11) is 1.77. The SMILES string of the molecule is CCc1nncn1CCNC(=NC)NCc1cccc(OCCN2CCOCC2)c1. The Morgan fingerprint density at radius 2 is 2.10 bits per heavy atom. The largest absolute Gasteiger partial charge is 0.492 e. The van der Waals surface area contributed by atoms with Crippen LogP contribution in [-0.4, -0.2) is 78.7 Å². The molecule has 0 radical (unpaired) electrons. The minimum Gasteiger partial charge on any atom is -0.492 e. The molecular formula is C21H33N7O2. The van der Waals surface area contributed by atoms with Crippen LogP contribution < -0.4 is 15.4 Å². The summed E-state index contributed by atoms with van der Waals surface area (Å²) in [4.78, 5) is 6.66. The molecule has 0 amide bonds. The molecule has 30 heavy (non-hydrogen) atoms. The minimum atomic E-state index is 0.674. The number of hydrogen-bond acceptors (Lipinski definition) is 6. The zero-order valence-electron chi connectivity index (χ0n) is 18.0. The van der Waals surface area contributed by atoms with Crippen molar-refractivity contribution in [2.45, 2.75) is 26.4 Å². The lowest BCUT2D eigenvalue weighted by Gasteiger charge is -2.26. The van der Waals surface area contributed by atoms with Crippen LogP contribution in [0.25, 0.3) is 0 Å². The molecular weight excluding hydrogens is 382 g/mol. The summed E-state index contributed by atoms with van der Waals surface area (Å²) in [5.41, 5.74) is 1.15. The predicted octanol–water partition coefficient (Wildman–Crippen LogP) is 0.917. The van der Waals surface area contributed by atoms with Gasteiger partial charge in [-0.1, -0.05) is 19.1 Å². The minimum absolute atomic E-state index is 0.674. The van der Waals surface area contributed by atoms with Gasteiger partial charge in [0.15, 0.2) is 5.96 Å². The topological polar surface area (TPSA) is 88.8 Å². The summed E-state index contributed by atoms with van der Waals surface area (Å²) in [6.45, 7) is 9.50. The number of aryl methyl sites for hydroxylation is 1. The first-order valence-corrected chi connectivity index (χ1v) is 10.6. The number of aromatic nitrogens is 3. The fourth-order valence-electron chi connectivity index (χ4n) is 3.30. The van der Waals surface area contributed by atoms with Crippen molar-refractivity contribution in [3.8, 4) is 5.75 Å². The lowest BCUT2D eigenvalue weighted by molar-refractivity contribution is 0.0322. The Bertz CT molecular complexity index is 787. The Morgan fingerprint density at radius 1 is 1.23 bits per heavy atom. The van der Waals surface area contributed by atoms with E-state index in [1.165, 1.54) is 0 Å². The van der Waals surface area contributed by atoms with E-state index in [-0.39, 0.29) is 0 Å². The molecule has 1 aromatic heterocycles. The van der Waals surface area contributed by atoms with Crippen LogP contribution in [0.1, 0.15) is 18.3 Å². The summed E-state index contributed by atoms with van der Waals surface area (Å²) in [5.74, 6) is 2.65. The van der Waals surface area contributed by atoms with Gasteiger partial charge in [0, 0.05) is 52.7 Å². The molecule has 0 spiro atoms. The van der Waals surface area contributed by atoms with Gasteiger partial charge >= 0.3 is 0 Å². The van der Waals surface area contributed by atoms with E-state index in [9.17, 15) is 0 Å². The Hall–Kier alpha value is -2.65. The third-order valence-electron chi connectivity index (χ3n) is 5.02. The van der Waals surface area contributed by atoms with Gasteiger partial charge in [0.05, 0.1) is 13.2 Å². The number of nitrogens with one attached hydrogen (secondary N) is 2. The second-order valence-corrected chi connectivity index (χ2v) is 7.10. The number of hydrogen-bond donors (Lipinski definition) is 2. The zero-order valence-corrected chi connectivity index (χ0v) is 18.0. The van der Waals surface area contributed by atoms with Gasteiger partial charge in [-0.05, 0) is 17.7 Å². The second kappa shape index (κ2) is 12.1. The molecule has 164 valence electrons. The van der Waals surface area contributed by atoms with Gasteiger partial charge in [-0.25, -0.2) is 0 Å². The molecule has 1 saturated heterocycles. The Kier molecular flexibility index (Phi) is 8.92. The van der Waals surface area contributed by atoms with Crippen molar-refractivity contribution in [3.63, 3.8) is 0 Å². The highest BCUT2D eigenvalue weighted by Crippen LogP contribution is 2.13. The van der Waals surface area contributed by atoms with Crippen LogP contribution in [0.3, 0.4) is 0 Å². The number of nitrogens with zero attached hydrogens (tertiary/aromatic N) is 5. The fraction of sp³-hybridized carbons (Fsp3) is 0.571. The van der Waals surface area contributed by atoms with E-state index in [0.29, 0.717) is 13.2 Å². The number of guanidine groups is 1. The van der Waals surface area contributed by atoms with E-state index in [0.717, 1.165) is 75.5 Å². The Labute approximate surface area is 178 Å². The lowest BCUT2D eigenvalue weighted by atomic mass is 10.2. The molecule has 9 heteroatoms. The van der Waals surface area contributed by atoms with Gasteiger partial charge in [0.25, 0.3) is 0 Å². The molecule has 2 N–H and O–H groups in total. The molecule has 0 atom stereocenters. The highest BCUT2D eigenvalue weighted by atomic mass is 16.5. The first-order valence-electron chi connectivity index (χ1n) is 10.6. The average molecular weight is 416 g/mol. The van der Waals surface area contributed by atoms with Crippen molar-refractivity contribution in [2.24, 2.45) is 4.99 Å². The van der Waals surface area contributed by atoms with Crippen molar-refractivity contribution in [1.82, 2.24) is 30.3 Å². The molecule has 2 aromatic rings. The molecule has 1 fully saturated rings. The standard InChI is InChI=1S/C21H33N7O2/c1-3-20-26-25-17-28(20)8-7-23-21(22-2)24-16-18-5-4-6-19(15-18)30-14-11-27-9-12-29-13-10-27/h4-6,15,17H,3,7-14,16H2,1-2H3,(H2,22,23,24). The van der Waals surface area contributed by atoms with Crippen molar-refractivity contribution in [3.05, 3.63) is 42.0 Å². The summed E-state index contributed by atoms with van der Waals surface area (Å²) >= 11 is 0. The van der Waals surface area contributed by atoms with Crippen LogP contribution in [0.2, 0.25) is 0 Å². The molecule has 3 rings (SSSR count). The fourth-order valence-corrected chi connectivity index (χ4v) is 3.30. The number of benzene rings is 1. The maximum atomic E-state index is 5.94. The smallest absolute Gasteiger partial charge is 0.191 e. The van der Waals surface area contributed by atoms with Gasteiger partial charge in [0.2, 0.25) is 0 Å². The maximum absolute atomic E-state index is 5.94. The third-order valence-corrected chi connectivity index (χ3v) is 5.02. The van der Waals surface area contributed by atoms with Gasteiger partial charge in [0.1, 0.15) is 24.5 Å². The number of aliphatic imine (C=N–C) groups is 1. The quantitative estimate of drug-likeness (QED) is 0.441. The van der Waals surface area contributed by atoms with Gasteiger partial charge in [-0.2, -0.15) is 0 Å². The monoisotopic (exact) mass is 415 g/mol. The summed E-state index contributed by atoms with van der Waals surface area (Å²) in [6.07, 6.45) is 2.64. The number of ether oxygens (including phenoxy) is 2. The van der Waals surface area contributed by atoms with Crippen molar-refractivity contribution < 1.29 is 9.47 Å². The predicted molar refractivity (Wildman–Crippen MR) is 117 cm³/mol. The van der Waals surface area contributed by atoms with E-state index >= 15 is 0 Å². The Balaban J connectivity index is 1.38. The molecule has 1 aromatic carbocycles. The maximum Gasteiger partial charge on any atom is 0.191 e. The first kappa shape index (κ1) is 22.0. The van der Waals surface area contributed by atoms with Crippen LogP contribution in [0.15, 0.2) is 35.6 Å². The summed E-state index contributed by atoms with van der Waals surface area (Å²) in [6, 6.07) is 8.18. The molecule has 1 aliphatic heterocycles. The van der Waals surface area contributed by atoms with Crippen LogP contribution in [0, 0.1) is 0 Å². The van der Waals surface area contributed by atoms with Crippen LogP contribution in [0.5, 0.6) is 5.75 Å². The zero-order chi connectivity index (χ0) is 21.0. The number of rotatable bonds is 10. The van der Waals surface area contributed by atoms with Gasteiger partial charge in [-0.3, -0.25) is 9.89 Å². The van der Waals surface area contributed by atoms with Crippen LogP contribution in [-0.2, 0) is 24.2 Å². The van der Waals surface area contributed by atoms with Crippen molar-refractivity contribution in [2.75, 3.05) is 53.0 Å². The molecule has 1 aliphatic rings. The summed E-state index contributed by atoms with van der Waals surface area (Å²) < 4.78 is 13.4. The normalized spacial score (nSPS) is 15.2.